The van der Waals surface area contributed by atoms with E-state index in [1.807, 2.05) is 0 Å². The minimum absolute atomic E-state index is 0.0441. The van der Waals surface area contributed by atoms with Crippen molar-refractivity contribution in [3.63, 3.8) is 0 Å². The lowest BCUT2D eigenvalue weighted by Crippen LogP contribution is -2.17. The highest BCUT2D eigenvalue weighted by atomic mass is 19.3. The van der Waals surface area contributed by atoms with Crippen molar-refractivity contribution in [2.45, 2.75) is 51.1 Å². The summed E-state index contributed by atoms with van der Waals surface area (Å²) in [6.07, 6.45) is 5.60. The number of Topliss-reactive ketones (excluding diaryl/α,β-unsaturated/α-hetero) is 1. The molecule has 0 N–H and O–H groups in total. The number of ketones is 1. The highest BCUT2D eigenvalue weighted by Crippen LogP contribution is 2.38. The Labute approximate surface area is 128 Å². The van der Waals surface area contributed by atoms with Crippen molar-refractivity contribution in [1.82, 2.24) is 0 Å². The van der Waals surface area contributed by atoms with Gasteiger partial charge in [0.05, 0.1) is 6.61 Å². The van der Waals surface area contributed by atoms with E-state index in [-0.39, 0.29) is 17.5 Å². The third kappa shape index (κ3) is 3.76. The van der Waals surface area contributed by atoms with Crippen LogP contribution in [0.2, 0.25) is 0 Å². The van der Waals surface area contributed by atoms with Crippen LogP contribution in [0.15, 0.2) is 18.2 Å². The first-order valence-corrected chi connectivity index (χ1v) is 7.88. The van der Waals surface area contributed by atoms with Gasteiger partial charge in [-0.3, -0.25) is 4.79 Å². The van der Waals surface area contributed by atoms with Crippen LogP contribution in [0.1, 0.15) is 50.0 Å². The molecule has 0 bridgehead atoms. The highest BCUT2D eigenvalue weighted by molar-refractivity contribution is 5.86. The summed E-state index contributed by atoms with van der Waals surface area (Å²) < 4.78 is 35.2. The molecule has 1 aromatic carbocycles. The van der Waals surface area contributed by atoms with E-state index in [1.54, 1.807) is 12.1 Å². The van der Waals surface area contributed by atoms with Crippen LogP contribution in [0.5, 0.6) is 11.5 Å². The molecule has 3 nitrogen and oxygen atoms in total. The molecule has 1 aromatic rings. The smallest absolute Gasteiger partial charge is 0.387 e. The molecule has 0 aliphatic heterocycles. The normalized spacial score (nSPS) is 22.0. The summed E-state index contributed by atoms with van der Waals surface area (Å²) in [5.41, 5.74) is 0.845. The second-order valence-corrected chi connectivity index (χ2v) is 6.10. The van der Waals surface area contributed by atoms with Crippen molar-refractivity contribution in [3.05, 3.63) is 23.8 Å². The molecule has 0 heterocycles. The minimum atomic E-state index is -2.88. The average Bonchev–Trinajstić information content (AvgIpc) is 3.30. The zero-order valence-electron chi connectivity index (χ0n) is 12.4. The molecule has 2 saturated carbocycles. The largest absolute Gasteiger partial charge is 0.489 e. The Hall–Kier alpha value is -1.65. The fourth-order valence-electron chi connectivity index (χ4n) is 2.88. The van der Waals surface area contributed by atoms with E-state index in [9.17, 15) is 13.6 Å². The van der Waals surface area contributed by atoms with Crippen molar-refractivity contribution in [3.8, 4) is 11.5 Å². The maximum absolute atomic E-state index is 12.5. The molecule has 22 heavy (non-hydrogen) atoms. The molecule has 2 aliphatic rings. The van der Waals surface area contributed by atoms with E-state index in [4.69, 9.17) is 4.74 Å². The van der Waals surface area contributed by atoms with Crippen LogP contribution < -0.4 is 9.47 Å². The van der Waals surface area contributed by atoms with Crippen LogP contribution in [0.3, 0.4) is 0 Å². The number of alkyl halides is 2. The second-order valence-electron chi connectivity index (χ2n) is 6.10. The van der Waals surface area contributed by atoms with Gasteiger partial charge in [0.25, 0.3) is 0 Å². The van der Waals surface area contributed by atoms with Crippen LogP contribution in [0, 0.1) is 5.92 Å². The summed E-state index contributed by atoms with van der Waals surface area (Å²) in [4.78, 5) is 12.1. The number of halogens is 2. The Morgan fingerprint density at radius 3 is 2.64 bits per heavy atom. The van der Waals surface area contributed by atoms with Crippen LogP contribution in [0.4, 0.5) is 8.78 Å². The molecule has 2 fully saturated rings. The number of carbonyl (C=O) groups excluding carboxylic acids is 1. The van der Waals surface area contributed by atoms with Gasteiger partial charge < -0.3 is 9.47 Å². The maximum Gasteiger partial charge on any atom is 0.387 e. The number of carbonyl (C=O) groups is 1. The minimum Gasteiger partial charge on any atom is -0.489 e. The lowest BCUT2D eigenvalue weighted by Gasteiger charge is -2.22. The molecule has 0 spiro atoms. The summed E-state index contributed by atoms with van der Waals surface area (Å²) in [7, 11) is 0. The van der Waals surface area contributed by atoms with Crippen LogP contribution in [-0.2, 0) is 4.79 Å². The van der Waals surface area contributed by atoms with Gasteiger partial charge in [-0.15, -0.1) is 0 Å². The molecular weight excluding hydrogens is 290 g/mol. The number of rotatable bonds is 6. The predicted octanol–water partition coefficient (Wildman–Crippen LogP) is 4.30. The van der Waals surface area contributed by atoms with Gasteiger partial charge in [-0.05, 0) is 49.3 Å². The van der Waals surface area contributed by atoms with Gasteiger partial charge in [0, 0.05) is 12.3 Å². The van der Waals surface area contributed by atoms with Gasteiger partial charge in [-0.2, -0.15) is 8.78 Å². The number of hydrogen-bond acceptors (Lipinski definition) is 3. The first-order valence-electron chi connectivity index (χ1n) is 7.88. The molecule has 0 amide bonds. The molecule has 2 aliphatic carbocycles. The summed E-state index contributed by atoms with van der Waals surface area (Å²) in [5.74, 6) is 0.963. The van der Waals surface area contributed by atoms with Crippen LogP contribution in [-0.4, -0.2) is 19.0 Å². The maximum atomic E-state index is 12.5. The molecule has 0 radical (unpaired) electrons. The van der Waals surface area contributed by atoms with Gasteiger partial charge in [-0.1, -0.05) is 12.5 Å². The molecule has 0 saturated heterocycles. The predicted molar refractivity (Wildman–Crippen MR) is 77.5 cm³/mol. The third-order valence-electron chi connectivity index (χ3n) is 4.31. The summed E-state index contributed by atoms with van der Waals surface area (Å²) in [6, 6.07) is 4.90. The molecule has 1 unspecified atom stereocenters. The Kier molecular flexibility index (Phi) is 4.60. The van der Waals surface area contributed by atoms with Crippen molar-refractivity contribution < 1.29 is 23.0 Å². The van der Waals surface area contributed by atoms with Crippen molar-refractivity contribution in [1.29, 1.82) is 0 Å². The summed E-state index contributed by atoms with van der Waals surface area (Å²) in [6.45, 7) is -2.37. The Morgan fingerprint density at radius 1 is 1.14 bits per heavy atom. The lowest BCUT2D eigenvalue weighted by atomic mass is 9.83. The zero-order valence-corrected chi connectivity index (χ0v) is 12.4. The SMILES string of the molecule is O=C1CCCCC1c1ccc(OC(F)F)c(OCC2CC2)c1. The average molecular weight is 310 g/mol. The summed E-state index contributed by atoms with van der Waals surface area (Å²) >= 11 is 0. The van der Waals surface area contributed by atoms with Crippen LogP contribution in [0.25, 0.3) is 0 Å². The second kappa shape index (κ2) is 6.63. The number of benzene rings is 1. The molecule has 0 aromatic heterocycles. The lowest BCUT2D eigenvalue weighted by molar-refractivity contribution is -0.121. The number of hydrogen-bond donors (Lipinski definition) is 0. The first-order chi connectivity index (χ1) is 10.6. The molecular formula is C17H20F2O3. The van der Waals surface area contributed by atoms with Gasteiger partial charge in [0.2, 0.25) is 0 Å². The van der Waals surface area contributed by atoms with Gasteiger partial charge in [0.15, 0.2) is 11.5 Å². The molecule has 1 atom stereocenters. The van der Waals surface area contributed by atoms with E-state index in [1.165, 1.54) is 6.07 Å². The monoisotopic (exact) mass is 310 g/mol. The Balaban J connectivity index is 1.80. The molecule has 5 heteroatoms. The van der Waals surface area contributed by atoms with E-state index >= 15 is 0 Å². The third-order valence-corrected chi connectivity index (χ3v) is 4.31. The first kappa shape index (κ1) is 15.3. The van der Waals surface area contributed by atoms with Crippen molar-refractivity contribution >= 4 is 5.78 Å². The number of ether oxygens (including phenoxy) is 2. The van der Waals surface area contributed by atoms with E-state index < -0.39 is 6.61 Å². The van der Waals surface area contributed by atoms with E-state index in [0.29, 0.717) is 24.7 Å². The van der Waals surface area contributed by atoms with Crippen LogP contribution >= 0.6 is 0 Å². The van der Waals surface area contributed by atoms with Crippen molar-refractivity contribution in [2.75, 3.05) is 6.61 Å². The summed E-state index contributed by atoms with van der Waals surface area (Å²) in [5, 5.41) is 0. The fraction of sp³-hybridized carbons (Fsp3) is 0.588. The molecule has 120 valence electrons. The Morgan fingerprint density at radius 2 is 1.95 bits per heavy atom. The Bertz CT molecular complexity index is 541. The van der Waals surface area contributed by atoms with E-state index in [2.05, 4.69) is 4.74 Å². The topological polar surface area (TPSA) is 35.5 Å². The quantitative estimate of drug-likeness (QED) is 0.785. The standard InChI is InChI=1S/C17H20F2O3/c18-17(19)22-15-8-7-12(13-3-1-2-4-14(13)20)9-16(15)21-10-11-5-6-11/h7-9,11,13,17H,1-6,10H2. The highest BCUT2D eigenvalue weighted by Gasteiger charge is 2.26. The van der Waals surface area contributed by atoms with E-state index in [0.717, 1.165) is 37.7 Å². The zero-order chi connectivity index (χ0) is 15.5. The van der Waals surface area contributed by atoms with Crippen molar-refractivity contribution in [2.24, 2.45) is 5.92 Å². The molecule has 3 rings (SSSR count). The van der Waals surface area contributed by atoms with Gasteiger partial charge in [0.1, 0.15) is 5.78 Å². The fourth-order valence-corrected chi connectivity index (χ4v) is 2.88. The van der Waals surface area contributed by atoms with Gasteiger partial charge >= 0.3 is 6.61 Å². The van der Waals surface area contributed by atoms with Gasteiger partial charge in [-0.25, -0.2) is 0 Å².